The van der Waals surface area contributed by atoms with Crippen LogP contribution in [-0.4, -0.2) is 34.3 Å². The highest BCUT2D eigenvalue weighted by atomic mass is 17.2. The first-order chi connectivity index (χ1) is 10.8. The second kappa shape index (κ2) is 6.64. The van der Waals surface area contributed by atoms with Crippen molar-refractivity contribution in [1.29, 1.82) is 0 Å². The molecule has 136 valence electrons. The molecular weight excluding hydrogens is 320 g/mol. The summed E-state index contributed by atoms with van der Waals surface area (Å²) in [5.74, 6) is -3.79. The second-order valence-electron chi connectivity index (χ2n) is 7.32. The monoisotopic (exact) mass is 342 g/mol. The van der Waals surface area contributed by atoms with Gasteiger partial charge in [-0.1, -0.05) is 12.2 Å². The van der Waals surface area contributed by atoms with Crippen LogP contribution in [0.4, 0.5) is 0 Å². The molecule has 0 spiro atoms. The van der Waals surface area contributed by atoms with Crippen molar-refractivity contribution in [2.24, 2.45) is 0 Å². The van der Waals surface area contributed by atoms with Crippen molar-refractivity contribution in [1.82, 2.24) is 0 Å². The molecule has 8 heteroatoms. The first-order valence-corrected chi connectivity index (χ1v) is 7.29. The Bertz CT molecular complexity index is 501. The number of aliphatic carboxylic acids is 2. The molecule has 0 aromatic heterocycles. The minimum atomic E-state index is -2.65. The van der Waals surface area contributed by atoms with Crippen molar-refractivity contribution in [3.63, 3.8) is 0 Å². The fourth-order valence-electron chi connectivity index (χ4n) is 1.70. The summed E-state index contributed by atoms with van der Waals surface area (Å²) in [5.41, 5.74) is -7.17. The van der Waals surface area contributed by atoms with Crippen molar-refractivity contribution in [3.8, 4) is 0 Å². The van der Waals surface area contributed by atoms with Crippen LogP contribution in [0.5, 0.6) is 0 Å². The lowest BCUT2D eigenvalue weighted by molar-refractivity contribution is -0.476. The molecule has 0 aromatic carbocycles. The fraction of sp³-hybridized carbons (Fsp3) is 0.625. The van der Waals surface area contributed by atoms with Gasteiger partial charge in [-0.05, 0) is 53.7 Å². The van der Waals surface area contributed by atoms with Crippen molar-refractivity contribution >= 4 is 11.9 Å². The Balaban J connectivity index is 3.38. The molecule has 0 fully saturated rings. The van der Waals surface area contributed by atoms with E-state index in [4.69, 9.17) is 19.6 Å². The van der Waals surface area contributed by atoms with E-state index < -0.39 is 34.3 Å². The molecule has 1 aliphatic rings. The van der Waals surface area contributed by atoms with Crippen LogP contribution in [0, 0.1) is 0 Å². The standard InChI is InChI=1S/C16H24O8/c1-13(2,3)21-23-15(11(17)18)9-7-8-10-16(15,12(19)20)24-22-14(4,5)6/h7-10H,1-6H3,(H,17,18)(H,19,20)/p-2. The zero-order chi connectivity index (χ0) is 18.8. The van der Waals surface area contributed by atoms with Gasteiger partial charge in [0, 0.05) is 0 Å². The Morgan fingerprint density at radius 3 is 1.25 bits per heavy atom. The molecule has 0 N–H and O–H groups in total. The average Bonchev–Trinajstić information content (AvgIpc) is 2.41. The van der Waals surface area contributed by atoms with Gasteiger partial charge in [-0.15, -0.1) is 0 Å². The van der Waals surface area contributed by atoms with Crippen molar-refractivity contribution in [3.05, 3.63) is 24.3 Å². The average molecular weight is 342 g/mol. The predicted octanol–water partition coefficient (Wildman–Crippen LogP) is -0.417. The third-order valence-electron chi connectivity index (χ3n) is 2.78. The highest BCUT2D eigenvalue weighted by Crippen LogP contribution is 2.38. The van der Waals surface area contributed by atoms with Crippen LogP contribution in [0.2, 0.25) is 0 Å². The van der Waals surface area contributed by atoms with E-state index in [2.05, 4.69) is 0 Å². The van der Waals surface area contributed by atoms with E-state index in [-0.39, 0.29) is 0 Å². The van der Waals surface area contributed by atoms with Gasteiger partial charge < -0.3 is 19.8 Å². The Labute approximate surface area is 140 Å². The Kier molecular flexibility index (Phi) is 5.62. The van der Waals surface area contributed by atoms with Crippen LogP contribution in [-0.2, 0) is 29.1 Å². The molecule has 0 heterocycles. The Hall–Kier alpha value is -1.74. The summed E-state index contributed by atoms with van der Waals surface area (Å²) in [4.78, 5) is 43.7. The summed E-state index contributed by atoms with van der Waals surface area (Å²) in [7, 11) is 0. The van der Waals surface area contributed by atoms with Gasteiger partial charge in [0.1, 0.15) is 0 Å². The zero-order valence-corrected chi connectivity index (χ0v) is 14.6. The molecule has 0 aliphatic heterocycles. The number of hydrogen-bond donors (Lipinski definition) is 0. The SMILES string of the molecule is CC(C)(C)OOC1(C(=O)[O-])C=CC=CC1(OOC(C)(C)C)C(=O)[O-]. The summed E-state index contributed by atoms with van der Waals surface area (Å²) in [5, 5.41) is 23.6. The quantitative estimate of drug-likeness (QED) is 0.472. The van der Waals surface area contributed by atoms with E-state index >= 15 is 0 Å². The number of carboxylic acid groups (broad SMARTS) is 2. The molecule has 8 nitrogen and oxygen atoms in total. The maximum Gasteiger partial charge on any atom is 0.202 e. The van der Waals surface area contributed by atoms with Gasteiger partial charge in [-0.3, -0.25) is 0 Å². The van der Waals surface area contributed by atoms with Crippen molar-refractivity contribution in [2.75, 3.05) is 0 Å². The van der Waals surface area contributed by atoms with Gasteiger partial charge >= 0.3 is 0 Å². The lowest BCUT2D eigenvalue weighted by Gasteiger charge is -2.47. The highest BCUT2D eigenvalue weighted by Gasteiger charge is 2.58. The summed E-state index contributed by atoms with van der Waals surface area (Å²) in [6.45, 7) is 9.53. The molecule has 0 amide bonds. The number of carbonyl (C=O) groups is 2. The molecule has 0 saturated heterocycles. The molecule has 0 aromatic rings. The predicted molar refractivity (Wildman–Crippen MR) is 77.6 cm³/mol. The van der Waals surface area contributed by atoms with E-state index in [9.17, 15) is 19.8 Å². The van der Waals surface area contributed by atoms with Crippen molar-refractivity contribution < 1.29 is 39.4 Å². The van der Waals surface area contributed by atoms with Crippen molar-refractivity contribution in [2.45, 2.75) is 63.9 Å². The van der Waals surface area contributed by atoms with E-state index in [1.54, 1.807) is 41.5 Å². The van der Waals surface area contributed by atoms with Gasteiger partial charge in [0.05, 0.1) is 23.1 Å². The molecule has 2 atom stereocenters. The lowest BCUT2D eigenvalue weighted by atomic mass is 9.79. The van der Waals surface area contributed by atoms with Gasteiger partial charge in [-0.25, -0.2) is 19.6 Å². The maximum atomic E-state index is 11.8. The smallest absolute Gasteiger partial charge is 0.202 e. The number of rotatable bonds is 6. The first kappa shape index (κ1) is 20.3. The van der Waals surface area contributed by atoms with Gasteiger partial charge in [0.25, 0.3) is 0 Å². The van der Waals surface area contributed by atoms with Gasteiger partial charge in [-0.2, -0.15) is 0 Å². The molecule has 0 bridgehead atoms. The van der Waals surface area contributed by atoms with Crippen LogP contribution in [0.1, 0.15) is 41.5 Å². The van der Waals surface area contributed by atoms with Gasteiger partial charge in [0.2, 0.25) is 11.2 Å². The Morgan fingerprint density at radius 1 is 0.750 bits per heavy atom. The summed E-state index contributed by atoms with van der Waals surface area (Å²) >= 11 is 0. The van der Waals surface area contributed by atoms with E-state index in [0.717, 1.165) is 12.2 Å². The molecule has 1 aliphatic carbocycles. The minimum absolute atomic E-state index is 0.931. The Morgan fingerprint density at radius 2 is 1.04 bits per heavy atom. The van der Waals surface area contributed by atoms with Crippen LogP contribution in [0.3, 0.4) is 0 Å². The number of carboxylic acids is 2. The first-order valence-electron chi connectivity index (χ1n) is 7.29. The third kappa shape index (κ3) is 4.21. The molecule has 0 saturated carbocycles. The fourth-order valence-corrected chi connectivity index (χ4v) is 1.70. The summed E-state index contributed by atoms with van der Waals surface area (Å²) in [6, 6.07) is 0. The topological polar surface area (TPSA) is 117 Å². The second-order valence-corrected chi connectivity index (χ2v) is 7.32. The third-order valence-corrected chi connectivity index (χ3v) is 2.78. The van der Waals surface area contributed by atoms with Crippen LogP contribution < -0.4 is 10.2 Å². The number of hydrogen-bond acceptors (Lipinski definition) is 8. The molecule has 24 heavy (non-hydrogen) atoms. The lowest BCUT2D eigenvalue weighted by Crippen LogP contribution is -2.71. The van der Waals surface area contributed by atoms with Crippen LogP contribution in [0.25, 0.3) is 0 Å². The molecule has 2 unspecified atom stereocenters. The number of carbonyl (C=O) groups excluding carboxylic acids is 2. The van der Waals surface area contributed by atoms with E-state index in [0.29, 0.717) is 0 Å². The minimum Gasteiger partial charge on any atom is -0.546 e. The summed E-state index contributed by atoms with van der Waals surface area (Å²) < 4.78 is 0. The molecular formula is C16H22O8-2. The maximum absolute atomic E-state index is 11.8. The molecule has 0 radical (unpaired) electrons. The highest BCUT2D eigenvalue weighted by molar-refractivity contribution is 5.93. The van der Waals surface area contributed by atoms with E-state index in [1.807, 2.05) is 0 Å². The normalized spacial score (nSPS) is 27.2. The van der Waals surface area contributed by atoms with Crippen LogP contribution in [0.15, 0.2) is 24.3 Å². The largest absolute Gasteiger partial charge is 0.546 e. The van der Waals surface area contributed by atoms with E-state index in [1.165, 1.54) is 12.2 Å². The summed E-state index contributed by atoms with van der Waals surface area (Å²) in [6.07, 6.45) is 4.42. The van der Waals surface area contributed by atoms with Gasteiger partial charge in [0.15, 0.2) is 0 Å². The van der Waals surface area contributed by atoms with Crippen LogP contribution >= 0.6 is 0 Å². The zero-order valence-electron chi connectivity index (χ0n) is 14.6. The molecule has 1 rings (SSSR count). The number of allylic oxidation sites excluding steroid dienone is 2.